The second-order valence-electron chi connectivity index (χ2n) is 0.224. The minimum absolute atomic E-state index is 0. The van der Waals surface area contributed by atoms with Crippen LogP contribution in [0.5, 0.6) is 0 Å². The first-order chi connectivity index (χ1) is 1.41. The normalized spacial score (nSPS) is 2.00. The Morgan fingerprint density at radius 3 is 1.75 bits per heavy atom. The van der Waals surface area contributed by atoms with Crippen LogP contribution in [-0.2, 0) is 17.1 Å². The van der Waals surface area contributed by atoms with Crippen LogP contribution in [0.4, 0.5) is 0 Å². The third-order valence-electron chi connectivity index (χ3n) is 0. The van der Waals surface area contributed by atoms with Crippen LogP contribution in [0.1, 0.15) is 6.92 Å². The molecule has 4 heavy (non-hydrogen) atoms. The molecule has 0 spiro atoms. The van der Waals surface area contributed by atoms with E-state index in [1.807, 2.05) is 0 Å². The molecule has 0 bridgehead atoms. The molecule has 0 unspecified atom stereocenters. The van der Waals surface area contributed by atoms with Gasteiger partial charge in [-0.1, -0.05) is 0 Å². The van der Waals surface area contributed by atoms with Crippen LogP contribution in [0, 0.1) is 11.3 Å². The first-order valence-corrected chi connectivity index (χ1v) is 0.724. The molecule has 0 amide bonds. The monoisotopic (exact) mass is 96.0 g/mol. The van der Waals surface area contributed by atoms with Gasteiger partial charge in [0.2, 0.25) is 0 Å². The standard InChI is InChI=1S/C2H3N.Mn/c1-2-3;/h1H3;/q;+2. The molecule has 2 heteroatoms. The van der Waals surface area contributed by atoms with Crippen molar-refractivity contribution in [1.82, 2.24) is 0 Å². The van der Waals surface area contributed by atoms with Crippen LogP contribution >= 0.6 is 0 Å². The first-order valence-electron chi connectivity index (χ1n) is 0.724. The molecule has 0 fully saturated rings. The van der Waals surface area contributed by atoms with E-state index >= 15 is 0 Å². The Labute approximate surface area is 36.1 Å². The Morgan fingerprint density at radius 2 is 1.75 bits per heavy atom. The molecule has 0 N–H and O–H groups in total. The first kappa shape index (κ1) is 8.99. The van der Waals surface area contributed by atoms with Gasteiger partial charge in [-0.05, 0) is 0 Å². The van der Waals surface area contributed by atoms with Gasteiger partial charge in [-0.3, -0.25) is 0 Å². The second-order valence-corrected chi connectivity index (χ2v) is 0.224. The molecule has 0 saturated heterocycles. The van der Waals surface area contributed by atoms with E-state index in [4.69, 9.17) is 5.26 Å². The van der Waals surface area contributed by atoms with E-state index in [1.54, 1.807) is 6.07 Å². The van der Waals surface area contributed by atoms with Crippen LogP contribution in [0.3, 0.4) is 0 Å². The number of rotatable bonds is 0. The molecule has 0 aliphatic rings. The average molecular weight is 96.0 g/mol. The number of hydrogen-bond acceptors (Lipinski definition) is 1. The number of nitrogens with zero attached hydrogens (tertiary/aromatic N) is 1. The van der Waals surface area contributed by atoms with E-state index in [0.29, 0.717) is 0 Å². The van der Waals surface area contributed by atoms with E-state index in [0.717, 1.165) is 0 Å². The van der Waals surface area contributed by atoms with Crippen LogP contribution in [0.2, 0.25) is 0 Å². The Morgan fingerprint density at radius 1 is 1.75 bits per heavy atom. The fraction of sp³-hybridized carbons (Fsp3) is 0.500. The van der Waals surface area contributed by atoms with Crippen molar-refractivity contribution in [3.8, 4) is 6.07 Å². The van der Waals surface area contributed by atoms with Crippen LogP contribution in [-0.4, -0.2) is 0 Å². The maximum absolute atomic E-state index is 7.32. The molecule has 0 aliphatic heterocycles. The van der Waals surface area contributed by atoms with Gasteiger partial charge in [-0.2, -0.15) is 5.26 Å². The second kappa shape index (κ2) is 11.9. The van der Waals surface area contributed by atoms with Gasteiger partial charge in [-0.15, -0.1) is 0 Å². The summed E-state index contributed by atoms with van der Waals surface area (Å²) >= 11 is 0. The topological polar surface area (TPSA) is 23.8 Å². The van der Waals surface area contributed by atoms with Crippen LogP contribution in [0.25, 0.3) is 0 Å². The third-order valence-corrected chi connectivity index (χ3v) is 0. The molecule has 0 saturated carbocycles. The SMILES string of the molecule is CC#N.[Mn+2]. The minimum Gasteiger partial charge on any atom is -0.199 e. The Kier molecular flexibility index (Phi) is 26.8. The van der Waals surface area contributed by atoms with Gasteiger partial charge in [0.25, 0.3) is 0 Å². The maximum Gasteiger partial charge on any atom is 2.00 e. The predicted octanol–water partition coefficient (Wildman–Crippen LogP) is 0.527. The predicted molar refractivity (Wildman–Crippen MR) is 11.3 cm³/mol. The summed E-state index contributed by atoms with van der Waals surface area (Å²) in [7, 11) is 0. The van der Waals surface area contributed by atoms with Crippen molar-refractivity contribution in [3.05, 3.63) is 0 Å². The van der Waals surface area contributed by atoms with Gasteiger partial charge in [0.05, 0.1) is 6.07 Å². The summed E-state index contributed by atoms with van der Waals surface area (Å²) in [6.07, 6.45) is 0. The molecule has 0 aliphatic carbocycles. The van der Waals surface area contributed by atoms with Gasteiger partial charge in [0.1, 0.15) is 0 Å². The van der Waals surface area contributed by atoms with E-state index in [9.17, 15) is 0 Å². The molecular formula is C2H3MnN+2. The molecule has 0 aromatic carbocycles. The molecule has 0 rings (SSSR count). The van der Waals surface area contributed by atoms with Gasteiger partial charge < -0.3 is 0 Å². The number of nitriles is 1. The van der Waals surface area contributed by atoms with Crippen molar-refractivity contribution in [2.75, 3.05) is 0 Å². The number of hydrogen-bond donors (Lipinski definition) is 0. The zero-order valence-electron chi connectivity index (χ0n) is 2.33. The van der Waals surface area contributed by atoms with E-state index in [1.165, 1.54) is 6.92 Å². The average Bonchev–Trinajstić information content (AvgIpc) is 0.918. The van der Waals surface area contributed by atoms with Gasteiger partial charge in [0.15, 0.2) is 0 Å². The van der Waals surface area contributed by atoms with Crippen molar-refractivity contribution < 1.29 is 17.1 Å². The summed E-state index contributed by atoms with van der Waals surface area (Å²) in [5.41, 5.74) is 0. The summed E-state index contributed by atoms with van der Waals surface area (Å²) in [4.78, 5) is 0. The smallest absolute Gasteiger partial charge is 0.199 e. The summed E-state index contributed by atoms with van der Waals surface area (Å²) < 4.78 is 0. The molecule has 0 heterocycles. The fourth-order valence-corrected chi connectivity index (χ4v) is 0. The molecule has 1 nitrogen and oxygen atoms in total. The summed E-state index contributed by atoms with van der Waals surface area (Å²) in [6.45, 7) is 1.43. The maximum atomic E-state index is 7.32. The molecule has 1 radical (unpaired) electrons. The van der Waals surface area contributed by atoms with Crippen molar-refractivity contribution >= 4 is 0 Å². The zero-order chi connectivity index (χ0) is 2.71. The summed E-state index contributed by atoms with van der Waals surface area (Å²) in [5.74, 6) is 0. The Balaban J connectivity index is 0. The minimum atomic E-state index is 0. The molecule has 0 aromatic rings. The molecule has 0 aromatic heterocycles. The quantitative estimate of drug-likeness (QED) is 0.403. The zero-order valence-corrected chi connectivity index (χ0v) is 3.51. The van der Waals surface area contributed by atoms with Crippen molar-refractivity contribution in [2.45, 2.75) is 6.92 Å². The van der Waals surface area contributed by atoms with Crippen molar-refractivity contribution in [3.63, 3.8) is 0 Å². The van der Waals surface area contributed by atoms with Crippen LogP contribution in [0.15, 0.2) is 0 Å². The fourth-order valence-electron chi connectivity index (χ4n) is 0. The third kappa shape index (κ3) is 22800. The van der Waals surface area contributed by atoms with Gasteiger partial charge in [0, 0.05) is 6.92 Å². The molecule has 0 atom stereocenters. The van der Waals surface area contributed by atoms with E-state index in [-0.39, 0.29) is 17.1 Å². The Hall–Kier alpha value is 0.00948. The van der Waals surface area contributed by atoms with Gasteiger partial charge >= 0.3 is 17.1 Å². The Bertz CT molecular complexity index is 27.5. The molecule has 21 valence electrons. The largest absolute Gasteiger partial charge is 2.00 e. The van der Waals surface area contributed by atoms with Gasteiger partial charge in [-0.25, -0.2) is 0 Å². The summed E-state index contributed by atoms with van der Waals surface area (Å²) in [5, 5.41) is 7.32. The van der Waals surface area contributed by atoms with Crippen molar-refractivity contribution in [1.29, 1.82) is 5.26 Å². The molecular weight excluding hydrogens is 93.0 g/mol. The van der Waals surface area contributed by atoms with E-state index in [2.05, 4.69) is 0 Å². The van der Waals surface area contributed by atoms with Crippen LogP contribution < -0.4 is 0 Å². The summed E-state index contributed by atoms with van der Waals surface area (Å²) in [6, 6.07) is 1.75. The van der Waals surface area contributed by atoms with Crippen molar-refractivity contribution in [2.24, 2.45) is 0 Å². The van der Waals surface area contributed by atoms with E-state index < -0.39 is 0 Å².